The first-order chi connectivity index (χ1) is 8.49. The number of nitro groups is 1. The summed E-state index contributed by atoms with van der Waals surface area (Å²) in [5.74, 6) is 0. The quantitative estimate of drug-likeness (QED) is 0.583. The molecule has 18 heavy (non-hydrogen) atoms. The summed E-state index contributed by atoms with van der Waals surface area (Å²) in [5, 5.41) is 15.5. The molecule has 1 aromatic heterocycles. The van der Waals surface area contributed by atoms with Crippen LogP contribution in [0.5, 0.6) is 0 Å². The van der Waals surface area contributed by atoms with Crippen LogP contribution in [0.25, 0.3) is 0 Å². The molecule has 0 saturated heterocycles. The second-order valence-electron chi connectivity index (χ2n) is 3.44. The van der Waals surface area contributed by atoms with Gasteiger partial charge in [0.1, 0.15) is 9.21 Å². The average Bonchev–Trinajstić information content (AvgIpc) is 2.60. The average molecular weight is 395 g/mol. The lowest BCUT2D eigenvalue weighted by molar-refractivity contribution is -0.385. The van der Waals surface area contributed by atoms with Gasteiger partial charge in [0.15, 0.2) is 0 Å². The van der Waals surface area contributed by atoms with Crippen LogP contribution in [0, 0.1) is 10.1 Å². The van der Waals surface area contributed by atoms with Gasteiger partial charge in [-0.1, -0.05) is 17.7 Å². The van der Waals surface area contributed by atoms with Crippen LogP contribution in [-0.4, -0.2) is 14.7 Å². The van der Waals surface area contributed by atoms with Crippen LogP contribution in [0.4, 0.5) is 5.69 Å². The Morgan fingerprint density at radius 3 is 2.72 bits per heavy atom. The minimum atomic E-state index is -0.451. The van der Waals surface area contributed by atoms with E-state index in [4.69, 9.17) is 11.6 Å². The van der Waals surface area contributed by atoms with Crippen molar-refractivity contribution in [2.75, 3.05) is 0 Å². The van der Waals surface area contributed by atoms with E-state index < -0.39 is 4.92 Å². The second-order valence-corrected chi connectivity index (χ2v) is 5.47. The van der Waals surface area contributed by atoms with Crippen molar-refractivity contribution in [1.82, 2.24) is 9.78 Å². The summed E-state index contributed by atoms with van der Waals surface area (Å²) in [5.41, 5.74) is 0.418. The van der Waals surface area contributed by atoms with Crippen molar-refractivity contribution in [2.45, 2.75) is 6.54 Å². The van der Waals surface area contributed by atoms with Crippen molar-refractivity contribution in [1.29, 1.82) is 0 Å². The first kappa shape index (κ1) is 13.5. The molecular weight excluding hydrogens is 389 g/mol. The molecule has 1 heterocycles. The lowest BCUT2D eigenvalue weighted by Gasteiger charge is -2.06. The van der Waals surface area contributed by atoms with Gasteiger partial charge in [-0.2, -0.15) is 5.10 Å². The highest BCUT2D eigenvalue weighted by Crippen LogP contribution is 2.28. The van der Waals surface area contributed by atoms with Crippen molar-refractivity contribution in [2.24, 2.45) is 0 Å². The van der Waals surface area contributed by atoms with E-state index in [0.717, 1.165) is 0 Å². The fourth-order valence-electron chi connectivity index (χ4n) is 1.50. The maximum absolute atomic E-state index is 11.0. The normalized spacial score (nSPS) is 10.6. The molecule has 0 unspecified atom stereocenters. The summed E-state index contributed by atoms with van der Waals surface area (Å²) in [6.45, 7) is 0.224. The molecule has 2 aromatic rings. The smallest absolute Gasteiger partial charge is 0.258 e. The second kappa shape index (κ2) is 5.38. The number of hydrogen-bond donors (Lipinski definition) is 0. The van der Waals surface area contributed by atoms with E-state index in [0.29, 0.717) is 19.8 Å². The van der Waals surface area contributed by atoms with Gasteiger partial charge >= 0.3 is 0 Å². The van der Waals surface area contributed by atoms with Gasteiger partial charge in [0.25, 0.3) is 5.69 Å². The van der Waals surface area contributed by atoms with Crippen molar-refractivity contribution in [3.8, 4) is 0 Å². The Bertz CT molecular complexity index is 615. The van der Waals surface area contributed by atoms with Gasteiger partial charge < -0.3 is 0 Å². The fourth-order valence-corrected chi connectivity index (χ4v) is 2.87. The highest BCUT2D eigenvalue weighted by atomic mass is 79.9. The molecule has 94 valence electrons. The third-order valence-corrected chi connectivity index (χ3v) is 3.68. The van der Waals surface area contributed by atoms with E-state index in [1.54, 1.807) is 22.9 Å². The molecule has 0 saturated carbocycles. The van der Waals surface area contributed by atoms with Crippen LogP contribution >= 0.6 is 43.5 Å². The number of rotatable bonds is 3. The minimum absolute atomic E-state index is 0.0129. The monoisotopic (exact) mass is 393 g/mol. The van der Waals surface area contributed by atoms with E-state index >= 15 is 0 Å². The Morgan fingerprint density at radius 1 is 1.44 bits per heavy atom. The molecule has 0 radical (unpaired) electrons. The first-order valence-corrected chi connectivity index (χ1v) is 6.76. The van der Waals surface area contributed by atoms with Crippen LogP contribution in [-0.2, 0) is 6.54 Å². The molecule has 0 fully saturated rings. The molecule has 0 spiro atoms. The molecule has 0 atom stereocenters. The van der Waals surface area contributed by atoms with Gasteiger partial charge in [0, 0.05) is 12.1 Å². The molecule has 5 nitrogen and oxygen atoms in total. The van der Waals surface area contributed by atoms with Gasteiger partial charge in [-0.05, 0) is 37.9 Å². The van der Waals surface area contributed by atoms with Crippen LogP contribution in [0.3, 0.4) is 0 Å². The van der Waals surface area contributed by atoms with Gasteiger partial charge in [0.2, 0.25) is 0 Å². The minimum Gasteiger partial charge on any atom is -0.258 e. The molecule has 2 rings (SSSR count). The Kier molecular flexibility index (Phi) is 4.04. The zero-order chi connectivity index (χ0) is 13.3. The molecule has 0 amide bonds. The summed E-state index contributed by atoms with van der Waals surface area (Å²) in [7, 11) is 0. The zero-order valence-corrected chi connectivity index (χ0v) is 12.7. The molecule has 0 N–H and O–H groups in total. The van der Waals surface area contributed by atoms with Crippen molar-refractivity contribution >= 4 is 49.1 Å². The largest absolute Gasteiger partial charge is 0.275 e. The third-order valence-electron chi connectivity index (χ3n) is 2.30. The highest BCUT2D eigenvalue weighted by Gasteiger charge is 2.18. The van der Waals surface area contributed by atoms with Crippen molar-refractivity contribution < 1.29 is 4.92 Å². The summed E-state index contributed by atoms with van der Waals surface area (Å²) in [4.78, 5) is 10.5. The van der Waals surface area contributed by atoms with Gasteiger partial charge in [-0.3, -0.25) is 14.8 Å². The Balaban J connectivity index is 2.45. The van der Waals surface area contributed by atoms with Gasteiger partial charge in [0.05, 0.1) is 22.1 Å². The number of aromatic nitrogens is 2. The lowest BCUT2D eigenvalue weighted by Crippen LogP contribution is -2.05. The summed E-state index contributed by atoms with van der Waals surface area (Å²) < 4.78 is 2.94. The molecule has 0 bridgehead atoms. The maximum atomic E-state index is 11.0. The molecule has 1 aromatic carbocycles. The van der Waals surface area contributed by atoms with Crippen LogP contribution in [0.15, 0.2) is 33.5 Å². The van der Waals surface area contributed by atoms with E-state index in [2.05, 4.69) is 37.0 Å². The van der Waals surface area contributed by atoms with Crippen LogP contribution < -0.4 is 0 Å². The standard InChI is InChI=1S/C10H6Br2ClN3O2/c11-9-4-10(12)15(14-9)5-6-7(13)2-1-3-8(6)16(17)18/h1-4H,5H2. The number of nitrogens with zero attached hydrogens (tertiary/aromatic N) is 3. The Hall–Kier alpha value is -0.920. The van der Waals surface area contributed by atoms with Crippen LogP contribution in [0.2, 0.25) is 5.02 Å². The van der Waals surface area contributed by atoms with E-state index in [9.17, 15) is 10.1 Å². The molecule has 8 heteroatoms. The topological polar surface area (TPSA) is 61.0 Å². The Morgan fingerprint density at radius 2 is 2.17 bits per heavy atom. The number of halogens is 3. The van der Waals surface area contributed by atoms with Gasteiger partial charge in [-0.25, -0.2) is 0 Å². The van der Waals surface area contributed by atoms with E-state index in [-0.39, 0.29) is 12.2 Å². The highest BCUT2D eigenvalue weighted by molar-refractivity contribution is 9.11. The van der Waals surface area contributed by atoms with Crippen molar-refractivity contribution in [3.63, 3.8) is 0 Å². The molecule has 0 aliphatic heterocycles. The summed E-state index contributed by atoms with van der Waals surface area (Å²) in [6.07, 6.45) is 0. The van der Waals surface area contributed by atoms with Crippen molar-refractivity contribution in [3.05, 3.63) is 54.2 Å². The molecule has 0 aliphatic carbocycles. The number of nitro benzene ring substituents is 1. The third kappa shape index (κ3) is 2.73. The maximum Gasteiger partial charge on any atom is 0.275 e. The Labute approximate surface area is 124 Å². The first-order valence-electron chi connectivity index (χ1n) is 4.79. The van der Waals surface area contributed by atoms with Gasteiger partial charge in [-0.15, -0.1) is 0 Å². The molecular formula is C10H6Br2ClN3O2. The predicted octanol–water partition coefficient (Wildman–Crippen LogP) is 4.02. The number of benzene rings is 1. The predicted molar refractivity (Wildman–Crippen MR) is 74.8 cm³/mol. The van der Waals surface area contributed by atoms with E-state index in [1.807, 2.05) is 0 Å². The summed E-state index contributed by atoms with van der Waals surface area (Å²) in [6, 6.07) is 6.35. The van der Waals surface area contributed by atoms with Crippen LogP contribution in [0.1, 0.15) is 5.56 Å². The fraction of sp³-hybridized carbons (Fsp3) is 0.100. The molecule has 0 aliphatic rings. The number of hydrogen-bond acceptors (Lipinski definition) is 3. The van der Waals surface area contributed by atoms with E-state index in [1.165, 1.54) is 6.07 Å². The SMILES string of the molecule is O=[N+]([O-])c1cccc(Cl)c1Cn1nc(Br)cc1Br. The lowest BCUT2D eigenvalue weighted by atomic mass is 10.2. The summed E-state index contributed by atoms with van der Waals surface area (Å²) >= 11 is 12.6. The zero-order valence-electron chi connectivity index (χ0n) is 8.81.